The van der Waals surface area contributed by atoms with Crippen molar-refractivity contribution in [3.63, 3.8) is 0 Å². The van der Waals surface area contributed by atoms with Crippen molar-refractivity contribution < 1.29 is 23.8 Å². The van der Waals surface area contributed by atoms with Crippen LogP contribution in [-0.2, 0) is 16.1 Å². The van der Waals surface area contributed by atoms with Gasteiger partial charge in [-0.25, -0.2) is 4.99 Å². The quantitative estimate of drug-likeness (QED) is 0.316. The lowest BCUT2D eigenvalue weighted by Gasteiger charge is -2.15. The number of nitrogens with zero attached hydrogens (tertiary/aromatic N) is 7. The normalized spacial score (nSPS) is 15.7. The first-order chi connectivity index (χ1) is 19.9. The van der Waals surface area contributed by atoms with E-state index in [0.29, 0.717) is 51.0 Å². The van der Waals surface area contributed by atoms with Crippen molar-refractivity contribution >= 4 is 45.8 Å². The number of aliphatic imine (C=N–C) groups is 1. The van der Waals surface area contributed by atoms with E-state index in [1.807, 2.05) is 0 Å². The Morgan fingerprint density at radius 3 is 2.63 bits per heavy atom. The second kappa shape index (κ2) is 11.9. The first kappa shape index (κ1) is 27.4. The van der Waals surface area contributed by atoms with Crippen LogP contribution >= 0.6 is 11.8 Å². The molecule has 0 aliphatic carbocycles. The Morgan fingerprint density at radius 1 is 1.07 bits per heavy atom. The van der Waals surface area contributed by atoms with Crippen LogP contribution in [0.4, 0.5) is 11.4 Å². The molecule has 2 aromatic heterocycles. The van der Waals surface area contributed by atoms with Crippen LogP contribution in [0.2, 0.25) is 0 Å². The predicted molar refractivity (Wildman–Crippen MR) is 150 cm³/mol. The number of para-hydroxylation sites is 1. The number of methoxy groups -OCH3 is 3. The summed E-state index contributed by atoms with van der Waals surface area (Å²) in [5.74, 6) is 0.978. The number of carbonyl (C=O) groups is 2. The molecule has 4 aromatic rings. The molecule has 0 saturated carbocycles. The molecule has 41 heavy (non-hydrogen) atoms. The third kappa shape index (κ3) is 5.75. The molecule has 1 atom stereocenters. The molecule has 0 spiro atoms. The van der Waals surface area contributed by atoms with Crippen LogP contribution in [0.3, 0.4) is 0 Å². The third-order valence-electron chi connectivity index (χ3n) is 6.11. The van der Waals surface area contributed by atoms with Crippen molar-refractivity contribution in [3.8, 4) is 23.4 Å². The molecule has 0 bridgehead atoms. The third-order valence-corrected chi connectivity index (χ3v) is 7.29. The number of nitriles is 1. The zero-order chi connectivity index (χ0) is 28.9. The van der Waals surface area contributed by atoms with Crippen LogP contribution in [0.1, 0.15) is 17.8 Å². The van der Waals surface area contributed by atoms with E-state index in [1.165, 1.54) is 30.7 Å². The molecule has 2 amide bonds. The maximum absolute atomic E-state index is 13.7. The van der Waals surface area contributed by atoms with Gasteiger partial charge in [-0.15, -0.1) is 15.3 Å². The Labute approximate surface area is 238 Å². The lowest BCUT2D eigenvalue weighted by atomic mass is 10.2. The Hall–Kier alpha value is -5.16. The minimum absolute atomic E-state index is 0.0193. The Morgan fingerprint density at radius 2 is 1.88 bits per heavy atom. The number of fused-ring (bicyclic) bond motifs is 1. The van der Waals surface area contributed by atoms with E-state index < -0.39 is 5.25 Å². The zero-order valence-corrected chi connectivity index (χ0v) is 23.1. The van der Waals surface area contributed by atoms with Crippen molar-refractivity contribution in [2.75, 3.05) is 26.6 Å². The van der Waals surface area contributed by atoms with Gasteiger partial charge in [-0.1, -0.05) is 23.9 Å². The summed E-state index contributed by atoms with van der Waals surface area (Å²) < 4.78 is 17.2. The molecule has 1 saturated heterocycles. The summed E-state index contributed by atoms with van der Waals surface area (Å²) in [4.78, 5) is 32.7. The number of anilines is 1. The predicted octanol–water partition coefficient (Wildman–Crippen LogP) is 3.18. The number of carbonyl (C=O) groups excluding carboxylic acids is 2. The summed E-state index contributed by atoms with van der Waals surface area (Å²) in [5.41, 5.74) is 1.71. The van der Waals surface area contributed by atoms with E-state index >= 15 is 0 Å². The van der Waals surface area contributed by atoms with Crippen LogP contribution in [-0.4, -0.2) is 68.3 Å². The first-order valence-electron chi connectivity index (χ1n) is 12.3. The van der Waals surface area contributed by atoms with E-state index in [-0.39, 0.29) is 24.8 Å². The van der Waals surface area contributed by atoms with Gasteiger partial charge in [0.1, 0.15) is 11.3 Å². The monoisotopic (exact) mass is 572 g/mol. The highest BCUT2D eigenvalue weighted by Crippen LogP contribution is 2.34. The fourth-order valence-electron chi connectivity index (χ4n) is 4.10. The number of hydrogen-bond acceptors (Lipinski definition) is 11. The molecule has 1 fully saturated rings. The van der Waals surface area contributed by atoms with Crippen molar-refractivity contribution in [3.05, 3.63) is 66.0 Å². The Balaban J connectivity index is 1.42. The molecular weight excluding hydrogens is 548 g/mol. The Kier molecular flexibility index (Phi) is 7.97. The molecule has 3 heterocycles. The number of amidine groups is 1. The first-order valence-corrected chi connectivity index (χ1v) is 13.1. The van der Waals surface area contributed by atoms with Gasteiger partial charge in [0.05, 0.1) is 39.1 Å². The van der Waals surface area contributed by atoms with Crippen molar-refractivity contribution in [1.29, 1.82) is 5.26 Å². The number of hydrogen-bond donors (Lipinski definition) is 1. The van der Waals surface area contributed by atoms with Crippen LogP contribution in [0.5, 0.6) is 17.4 Å². The highest BCUT2D eigenvalue weighted by atomic mass is 32.2. The van der Waals surface area contributed by atoms with E-state index in [9.17, 15) is 14.9 Å². The number of nitrogens with one attached hydrogen (secondary N) is 1. The molecule has 0 radical (unpaired) electrons. The van der Waals surface area contributed by atoms with Crippen molar-refractivity contribution in [1.82, 2.24) is 24.7 Å². The lowest BCUT2D eigenvalue weighted by Crippen LogP contribution is -2.33. The summed E-state index contributed by atoms with van der Waals surface area (Å²) in [5, 5.41) is 24.6. The van der Waals surface area contributed by atoms with Crippen LogP contribution < -0.4 is 19.5 Å². The summed E-state index contributed by atoms with van der Waals surface area (Å²) >= 11 is 1.14. The van der Waals surface area contributed by atoms with E-state index in [4.69, 9.17) is 14.2 Å². The van der Waals surface area contributed by atoms with Gasteiger partial charge in [-0.05, 0) is 30.3 Å². The van der Waals surface area contributed by atoms with E-state index in [1.54, 1.807) is 54.6 Å². The summed E-state index contributed by atoms with van der Waals surface area (Å²) in [6.07, 6.45) is -0.125. The van der Waals surface area contributed by atoms with Gasteiger partial charge in [0, 0.05) is 24.2 Å². The van der Waals surface area contributed by atoms with Gasteiger partial charge in [0.25, 0.3) is 0 Å². The average molecular weight is 573 g/mol. The van der Waals surface area contributed by atoms with Gasteiger partial charge < -0.3 is 19.5 Å². The second-order valence-electron chi connectivity index (χ2n) is 8.64. The number of amides is 2. The molecule has 1 aliphatic heterocycles. The van der Waals surface area contributed by atoms with Crippen LogP contribution in [0.15, 0.2) is 59.6 Å². The van der Waals surface area contributed by atoms with Crippen LogP contribution in [0, 0.1) is 11.3 Å². The molecular formula is C27H24N8O5S. The molecule has 1 aliphatic rings. The topological polar surface area (TPSA) is 156 Å². The SMILES string of the molecule is COc1ccc2nnc(CN3C(=O)C(CC(=O)Nc4ccc(OC)c(OC)c4)SC3=Nc3ccccc3C#N)n2n1. The summed E-state index contributed by atoms with van der Waals surface area (Å²) in [6, 6.07) is 17.3. The smallest absolute Gasteiger partial charge is 0.243 e. The minimum Gasteiger partial charge on any atom is -0.493 e. The fraction of sp³-hybridized carbons (Fsp3) is 0.222. The highest BCUT2D eigenvalue weighted by Gasteiger charge is 2.40. The molecule has 208 valence electrons. The van der Waals surface area contributed by atoms with Gasteiger partial charge >= 0.3 is 0 Å². The molecule has 14 heteroatoms. The number of ether oxygens (including phenoxy) is 3. The van der Waals surface area contributed by atoms with E-state index in [0.717, 1.165) is 11.8 Å². The minimum atomic E-state index is -0.773. The zero-order valence-electron chi connectivity index (χ0n) is 22.3. The molecule has 5 rings (SSSR count). The molecule has 1 N–H and O–H groups in total. The van der Waals surface area contributed by atoms with E-state index in [2.05, 4.69) is 31.7 Å². The van der Waals surface area contributed by atoms with Crippen molar-refractivity contribution in [2.45, 2.75) is 18.2 Å². The van der Waals surface area contributed by atoms with Crippen LogP contribution in [0.25, 0.3) is 5.65 Å². The maximum Gasteiger partial charge on any atom is 0.243 e. The number of thioether (sulfide) groups is 1. The molecule has 13 nitrogen and oxygen atoms in total. The second-order valence-corrected chi connectivity index (χ2v) is 9.81. The molecule has 2 aromatic carbocycles. The van der Waals surface area contributed by atoms with Gasteiger partial charge in [-0.3, -0.25) is 14.5 Å². The fourth-order valence-corrected chi connectivity index (χ4v) is 5.25. The number of benzene rings is 2. The highest BCUT2D eigenvalue weighted by molar-refractivity contribution is 8.15. The van der Waals surface area contributed by atoms with Gasteiger partial charge in [0.15, 0.2) is 28.1 Å². The summed E-state index contributed by atoms with van der Waals surface area (Å²) in [6.45, 7) is -0.0193. The Bertz CT molecular complexity index is 1700. The summed E-state index contributed by atoms with van der Waals surface area (Å²) in [7, 11) is 4.52. The average Bonchev–Trinajstić information content (AvgIpc) is 3.52. The van der Waals surface area contributed by atoms with Gasteiger partial charge in [-0.2, -0.15) is 9.78 Å². The number of rotatable bonds is 9. The van der Waals surface area contributed by atoms with Gasteiger partial charge in [0.2, 0.25) is 17.7 Å². The van der Waals surface area contributed by atoms with Crippen molar-refractivity contribution in [2.24, 2.45) is 4.99 Å². The standard InChI is InChI=1S/C27H24N8O5S/c1-38-19-9-8-17(12-20(19)39-2)29-24(36)13-21-26(37)34(27(41-21)30-18-7-5-4-6-16(18)14-28)15-23-32-31-22-10-11-25(40-3)33-35(22)23/h4-12,21H,13,15H2,1-3H3,(H,29,36). The lowest BCUT2D eigenvalue weighted by molar-refractivity contribution is -0.128. The maximum atomic E-state index is 13.7. The molecule has 1 unspecified atom stereocenters. The largest absolute Gasteiger partial charge is 0.493 e. The number of aromatic nitrogens is 4.